The fourth-order valence-corrected chi connectivity index (χ4v) is 2.76. The van der Waals surface area contributed by atoms with Crippen molar-refractivity contribution in [3.8, 4) is 11.5 Å². The van der Waals surface area contributed by atoms with Crippen molar-refractivity contribution in [3.05, 3.63) is 20.2 Å². The summed E-state index contributed by atoms with van der Waals surface area (Å²) in [7, 11) is 0. The lowest BCUT2D eigenvalue weighted by Gasteiger charge is -2.19. The van der Waals surface area contributed by atoms with Crippen molar-refractivity contribution in [2.24, 2.45) is 0 Å². The molecule has 0 bridgehead atoms. The van der Waals surface area contributed by atoms with E-state index in [2.05, 4.69) is 64.9 Å². The van der Waals surface area contributed by atoms with E-state index in [0.717, 1.165) is 18.5 Å². The van der Waals surface area contributed by atoms with Crippen molar-refractivity contribution in [2.75, 3.05) is 6.54 Å². The first kappa shape index (κ1) is 14.0. The molecule has 98 valence electrons. The molecule has 2 aromatic rings. The summed E-state index contributed by atoms with van der Waals surface area (Å²) in [6.45, 7) is 7.25. The minimum Gasteiger partial charge on any atom is -0.421 e. The van der Waals surface area contributed by atoms with Crippen LogP contribution in [-0.4, -0.2) is 22.3 Å². The molecule has 0 unspecified atom stereocenters. The molecule has 1 N–H and O–H groups in total. The second-order valence-electron chi connectivity index (χ2n) is 5.07. The monoisotopic (exact) mass is 377 g/mol. The molecule has 0 fully saturated rings. The molecule has 2 rings (SSSR count). The summed E-state index contributed by atoms with van der Waals surface area (Å²) in [5.74, 6) is 1.29. The summed E-state index contributed by atoms with van der Waals surface area (Å²) in [5, 5.41) is 13.6. The molecular weight excluding hydrogens is 361 g/mol. The Morgan fingerprint density at radius 3 is 2.78 bits per heavy atom. The minimum atomic E-state index is 0.117. The van der Waals surface area contributed by atoms with Gasteiger partial charge in [0.05, 0.1) is 8.45 Å². The zero-order chi connectivity index (χ0) is 13.2. The molecule has 18 heavy (non-hydrogen) atoms. The van der Waals surface area contributed by atoms with Crippen LogP contribution in [0.1, 0.15) is 26.7 Å². The van der Waals surface area contributed by atoms with Crippen molar-refractivity contribution in [2.45, 2.75) is 32.7 Å². The van der Waals surface area contributed by atoms with Gasteiger partial charge in [-0.3, -0.25) is 0 Å². The number of hydrogen-bond donors (Lipinski definition) is 1. The second kappa shape index (κ2) is 5.66. The molecule has 2 aromatic heterocycles. The predicted molar refractivity (Wildman–Crippen MR) is 81.8 cm³/mol. The van der Waals surface area contributed by atoms with Crippen LogP contribution < -0.4 is 5.32 Å². The second-order valence-corrected chi connectivity index (χ2v) is 7.87. The first-order valence-electron chi connectivity index (χ1n) is 5.76. The third-order valence-corrected chi connectivity index (χ3v) is 4.06. The lowest BCUT2D eigenvalue weighted by atomic mass is 10.1. The Hall–Kier alpha value is -0.470. The van der Waals surface area contributed by atoms with Crippen molar-refractivity contribution in [1.29, 1.82) is 0 Å². The molecule has 0 atom stereocenters. The Labute approximate surface area is 124 Å². The van der Waals surface area contributed by atoms with Gasteiger partial charge in [0.25, 0.3) is 0 Å². The van der Waals surface area contributed by atoms with Gasteiger partial charge in [-0.25, -0.2) is 0 Å². The van der Waals surface area contributed by atoms with Gasteiger partial charge in [-0.1, -0.05) is 0 Å². The van der Waals surface area contributed by atoms with Gasteiger partial charge in [-0.2, -0.15) is 0 Å². The number of nitrogens with one attached hydrogen (secondary N) is 1. The van der Waals surface area contributed by atoms with Crippen LogP contribution in [0.5, 0.6) is 0 Å². The quantitative estimate of drug-likeness (QED) is 0.831. The lowest BCUT2D eigenvalue weighted by Crippen LogP contribution is -2.37. The molecular formula is C12H16IN3OS. The third-order valence-electron chi connectivity index (χ3n) is 2.28. The maximum atomic E-state index is 5.64. The van der Waals surface area contributed by atoms with Gasteiger partial charge < -0.3 is 9.73 Å². The van der Waals surface area contributed by atoms with Gasteiger partial charge in [-0.15, -0.1) is 21.5 Å². The largest absolute Gasteiger partial charge is 0.421 e. The van der Waals surface area contributed by atoms with Crippen LogP contribution in [0.25, 0.3) is 11.5 Å². The normalized spacial score (nSPS) is 12.0. The Kier molecular flexibility index (Phi) is 4.39. The van der Waals surface area contributed by atoms with Crippen LogP contribution in [-0.2, 0) is 6.42 Å². The van der Waals surface area contributed by atoms with Gasteiger partial charge in [0.2, 0.25) is 11.8 Å². The van der Waals surface area contributed by atoms with Crippen LogP contribution >= 0.6 is 33.9 Å². The maximum absolute atomic E-state index is 5.64. The molecule has 0 saturated carbocycles. The van der Waals surface area contributed by atoms with E-state index in [1.165, 1.54) is 2.88 Å². The van der Waals surface area contributed by atoms with E-state index in [1.54, 1.807) is 11.3 Å². The highest BCUT2D eigenvalue weighted by Gasteiger charge is 2.12. The summed E-state index contributed by atoms with van der Waals surface area (Å²) in [6, 6.07) is 2.05. The average molecular weight is 377 g/mol. The highest BCUT2D eigenvalue weighted by Crippen LogP contribution is 2.25. The first-order chi connectivity index (χ1) is 8.44. The fourth-order valence-electron chi connectivity index (χ4n) is 1.44. The van der Waals surface area contributed by atoms with Gasteiger partial charge >= 0.3 is 0 Å². The van der Waals surface area contributed by atoms with Crippen LogP contribution in [0.15, 0.2) is 15.9 Å². The number of rotatable bonds is 4. The Bertz CT molecular complexity index is 515. The molecule has 0 aliphatic rings. The molecule has 0 spiro atoms. The molecule has 2 heterocycles. The Balaban J connectivity index is 1.94. The smallest absolute Gasteiger partial charge is 0.248 e. The van der Waals surface area contributed by atoms with E-state index in [0.29, 0.717) is 11.8 Å². The lowest BCUT2D eigenvalue weighted by molar-refractivity contribution is 0.412. The van der Waals surface area contributed by atoms with Crippen LogP contribution in [0, 0.1) is 2.88 Å². The Morgan fingerprint density at radius 1 is 1.39 bits per heavy atom. The molecule has 0 aromatic carbocycles. The molecule has 0 aliphatic carbocycles. The van der Waals surface area contributed by atoms with Gasteiger partial charge in [0.15, 0.2) is 0 Å². The molecule has 4 nitrogen and oxygen atoms in total. The summed E-state index contributed by atoms with van der Waals surface area (Å²) in [4.78, 5) is 0. The first-order valence-corrected chi connectivity index (χ1v) is 7.72. The Morgan fingerprint density at radius 2 is 2.17 bits per heavy atom. The summed E-state index contributed by atoms with van der Waals surface area (Å²) < 4.78 is 6.86. The van der Waals surface area contributed by atoms with Gasteiger partial charge in [0, 0.05) is 23.9 Å². The predicted octanol–water partition coefficient (Wildman–Crippen LogP) is 3.33. The third kappa shape index (κ3) is 4.03. The number of nitrogens with zero attached hydrogens (tertiary/aromatic N) is 2. The highest BCUT2D eigenvalue weighted by atomic mass is 127. The van der Waals surface area contributed by atoms with E-state index < -0.39 is 0 Å². The molecule has 0 aliphatic heterocycles. The molecule has 6 heteroatoms. The highest BCUT2D eigenvalue weighted by molar-refractivity contribution is 14.1. The standard InChI is InChI=1S/C12H16IN3OS/c1-12(2,3)14-5-4-10-15-16-11(17-10)8-6-9(13)18-7-8/h6-7,14H,4-5H2,1-3H3. The average Bonchev–Trinajstić information content (AvgIpc) is 2.85. The number of aromatic nitrogens is 2. The zero-order valence-electron chi connectivity index (χ0n) is 10.7. The number of hydrogen-bond acceptors (Lipinski definition) is 5. The van der Waals surface area contributed by atoms with E-state index >= 15 is 0 Å². The summed E-state index contributed by atoms with van der Waals surface area (Å²) >= 11 is 3.96. The zero-order valence-corrected chi connectivity index (χ0v) is 13.6. The summed E-state index contributed by atoms with van der Waals surface area (Å²) in [6.07, 6.45) is 0.755. The van der Waals surface area contributed by atoms with E-state index in [-0.39, 0.29) is 5.54 Å². The molecule has 0 saturated heterocycles. The van der Waals surface area contributed by atoms with E-state index in [4.69, 9.17) is 4.42 Å². The van der Waals surface area contributed by atoms with Gasteiger partial charge in [0.1, 0.15) is 0 Å². The van der Waals surface area contributed by atoms with Crippen molar-refractivity contribution in [3.63, 3.8) is 0 Å². The SMILES string of the molecule is CC(C)(C)NCCc1nnc(-c2csc(I)c2)o1. The van der Waals surface area contributed by atoms with Crippen molar-refractivity contribution < 1.29 is 4.42 Å². The van der Waals surface area contributed by atoms with Crippen LogP contribution in [0.4, 0.5) is 0 Å². The summed E-state index contributed by atoms with van der Waals surface area (Å²) in [5.41, 5.74) is 1.12. The minimum absolute atomic E-state index is 0.117. The van der Waals surface area contributed by atoms with Gasteiger partial charge in [-0.05, 0) is 49.4 Å². The van der Waals surface area contributed by atoms with Crippen LogP contribution in [0.2, 0.25) is 0 Å². The fraction of sp³-hybridized carbons (Fsp3) is 0.500. The van der Waals surface area contributed by atoms with Crippen molar-refractivity contribution in [1.82, 2.24) is 15.5 Å². The maximum Gasteiger partial charge on any atom is 0.248 e. The molecule has 0 radical (unpaired) electrons. The van der Waals surface area contributed by atoms with E-state index in [1.807, 2.05) is 5.38 Å². The van der Waals surface area contributed by atoms with E-state index in [9.17, 15) is 0 Å². The van der Waals surface area contributed by atoms with Crippen molar-refractivity contribution >= 4 is 33.9 Å². The molecule has 0 amide bonds. The number of halogens is 1. The number of thiophene rings is 1. The topological polar surface area (TPSA) is 51.0 Å². The van der Waals surface area contributed by atoms with Crippen LogP contribution in [0.3, 0.4) is 0 Å².